The van der Waals surface area contributed by atoms with E-state index in [-0.39, 0.29) is 10.8 Å². The Morgan fingerprint density at radius 3 is 1.39 bits per heavy atom. The van der Waals surface area contributed by atoms with Gasteiger partial charge in [-0.25, -0.2) is 9.97 Å². The average Bonchev–Trinajstić information content (AvgIpc) is 3.64. The second-order valence-electron chi connectivity index (χ2n) is 13.8. The van der Waals surface area contributed by atoms with Crippen molar-refractivity contribution in [3.05, 3.63) is 83.9 Å². The minimum atomic E-state index is 0.0992. The van der Waals surface area contributed by atoms with E-state index in [1.165, 1.54) is 49.7 Å². The zero-order valence-corrected chi connectivity index (χ0v) is 27.3. The van der Waals surface area contributed by atoms with Crippen molar-refractivity contribution < 1.29 is 8.83 Å². The molecule has 0 spiro atoms. The Morgan fingerprint density at radius 2 is 0.977 bits per heavy atom. The van der Waals surface area contributed by atoms with Gasteiger partial charge in [-0.1, -0.05) is 116 Å². The van der Waals surface area contributed by atoms with Crippen molar-refractivity contribution in [1.29, 1.82) is 0 Å². The fourth-order valence-corrected chi connectivity index (χ4v) is 6.52. The highest BCUT2D eigenvalue weighted by molar-refractivity contribution is 6.03. The van der Waals surface area contributed by atoms with Crippen LogP contribution in [0.25, 0.3) is 55.9 Å². The van der Waals surface area contributed by atoms with Crippen LogP contribution in [0.4, 0.5) is 0 Å². The third kappa shape index (κ3) is 5.92. The van der Waals surface area contributed by atoms with E-state index in [4.69, 9.17) is 18.8 Å². The Morgan fingerprint density at radius 1 is 0.545 bits per heavy atom. The number of oxazole rings is 2. The summed E-state index contributed by atoms with van der Waals surface area (Å²) in [4.78, 5) is 9.99. The zero-order valence-electron chi connectivity index (χ0n) is 27.3. The van der Waals surface area contributed by atoms with Crippen LogP contribution in [0, 0.1) is 0 Å². The number of fused-ring (bicyclic) bond motifs is 3. The molecule has 6 rings (SSSR count). The van der Waals surface area contributed by atoms with Crippen molar-refractivity contribution in [2.24, 2.45) is 0 Å². The van der Waals surface area contributed by atoms with Crippen LogP contribution in [0.3, 0.4) is 0 Å². The van der Waals surface area contributed by atoms with Gasteiger partial charge in [-0.2, -0.15) is 0 Å². The van der Waals surface area contributed by atoms with Gasteiger partial charge >= 0.3 is 0 Å². The number of nitrogens with zero attached hydrogens (tertiary/aromatic N) is 2. The highest BCUT2D eigenvalue weighted by Crippen LogP contribution is 2.39. The first-order valence-electron chi connectivity index (χ1n) is 16.5. The Kier molecular flexibility index (Phi) is 8.37. The maximum absolute atomic E-state index is 6.35. The Balaban J connectivity index is 1.35. The third-order valence-electron chi connectivity index (χ3n) is 9.53. The fraction of sp³-hybridized carbons (Fsp3) is 0.400. The molecule has 4 heteroatoms. The fourth-order valence-electron chi connectivity index (χ4n) is 6.52. The molecule has 0 bridgehead atoms. The smallest absolute Gasteiger partial charge is 0.227 e. The van der Waals surface area contributed by atoms with Gasteiger partial charge in [0.2, 0.25) is 11.8 Å². The minimum absolute atomic E-state index is 0.0992. The molecular formula is C40H46N2O2. The highest BCUT2D eigenvalue weighted by Gasteiger charge is 2.24. The number of benzene rings is 4. The topological polar surface area (TPSA) is 52.1 Å². The molecule has 2 aromatic heterocycles. The molecule has 0 N–H and O–H groups in total. The molecule has 0 amide bonds. The second-order valence-corrected chi connectivity index (χ2v) is 13.8. The maximum Gasteiger partial charge on any atom is 0.227 e. The number of rotatable bonds is 12. The Hall–Kier alpha value is -3.92. The summed E-state index contributed by atoms with van der Waals surface area (Å²) in [6.45, 7) is 13.8. The van der Waals surface area contributed by atoms with E-state index >= 15 is 0 Å². The van der Waals surface area contributed by atoms with Gasteiger partial charge < -0.3 is 8.83 Å². The van der Waals surface area contributed by atoms with Crippen molar-refractivity contribution in [2.75, 3.05) is 0 Å². The van der Waals surface area contributed by atoms with Gasteiger partial charge in [0.25, 0.3) is 0 Å². The molecule has 0 aliphatic carbocycles. The summed E-state index contributed by atoms with van der Waals surface area (Å²) in [6.07, 6.45) is 9.81. The lowest BCUT2D eigenvalue weighted by molar-refractivity contribution is 0.450. The van der Waals surface area contributed by atoms with E-state index < -0.39 is 0 Å². The first-order chi connectivity index (χ1) is 21.2. The Bertz CT molecular complexity index is 1770. The predicted octanol–water partition coefficient (Wildman–Crippen LogP) is 12.2. The van der Waals surface area contributed by atoms with Crippen molar-refractivity contribution in [3.63, 3.8) is 0 Å². The van der Waals surface area contributed by atoms with E-state index in [1.54, 1.807) is 0 Å². The van der Waals surface area contributed by atoms with Crippen molar-refractivity contribution in [2.45, 2.75) is 104 Å². The Labute approximate surface area is 261 Å². The second kappa shape index (κ2) is 12.2. The van der Waals surface area contributed by atoms with Crippen molar-refractivity contribution in [3.8, 4) is 22.9 Å². The zero-order chi connectivity index (χ0) is 30.9. The SMILES string of the molecule is CCCCCC(C)(C)c1ccc2oc(-c3ccc(-c4nc5cc(C(C)(C)CCCCC)ccc5o4)c4ccccc34)nc2c1. The first-order valence-corrected chi connectivity index (χ1v) is 16.5. The summed E-state index contributed by atoms with van der Waals surface area (Å²) in [5.74, 6) is 1.27. The average molecular weight is 587 g/mol. The monoisotopic (exact) mass is 586 g/mol. The first kappa shape index (κ1) is 30.1. The quantitative estimate of drug-likeness (QED) is 0.134. The van der Waals surface area contributed by atoms with E-state index in [2.05, 4.69) is 114 Å². The summed E-state index contributed by atoms with van der Waals surface area (Å²) >= 11 is 0. The molecule has 44 heavy (non-hydrogen) atoms. The molecule has 0 radical (unpaired) electrons. The van der Waals surface area contributed by atoms with E-state index in [0.717, 1.165) is 56.9 Å². The molecule has 4 aromatic carbocycles. The lowest BCUT2D eigenvalue weighted by Crippen LogP contribution is -2.16. The molecule has 0 saturated heterocycles. The van der Waals surface area contributed by atoms with Gasteiger partial charge in [0.05, 0.1) is 0 Å². The van der Waals surface area contributed by atoms with Crippen LogP contribution in [-0.4, -0.2) is 9.97 Å². The molecular weight excluding hydrogens is 540 g/mol. The molecule has 228 valence electrons. The van der Waals surface area contributed by atoms with Crippen molar-refractivity contribution in [1.82, 2.24) is 9.97 Å². The van der Waals surface area contributed by atoms with Crippen LogP contribution in [0.5, 0.6) is 0 Å². The van der Waals surface area contributed by atoms with E-state index in [9.17, 15) is 0 Å². The molecule has 0 atom stereocenters. The van der Waals surface area contributed by atoms with Crippen LogP contribution in [0.15, 0.2) is 81.6 Å². The molecule has 0 saturated carbocycles. The van der Waals surface area contributed by atoms with E-state index in [0.29, 0.717) is 11.8 Å². The van der Waals surface area contributed by atoms with Crippen LogP contribution in [0.2, 0.25) is 0 Å². The molecule has 6 aromatic rings. The third-order valence-corrected chi connectivity index (χ3v) is 9.53. The van der Waals surface area contributed by atoms with Gasteiger partial charge in [-0.3, -0.25) is 0 Å². The number of hydrogen-bond donors (Lipinski definition) is 0. The van der Waals surface area contributed by atoms with Crippen molar-refractivity contribution >= 4 is 33.0 Å². The van der Waals surface area contributed by atoms with Gasteiger partial charge in [0.15, 0.2) is 11.2 Å². The number of unbranched alkanes of at least 4 members (excludes halogenated alkanes) is 4. The number of hydrogen-bond acceptors (Lipinski definition) is 4. The molecule has 4 nitrogen and oxygen atoms in total. The largest absolute Gasteiger partial charge is 0.436 e. The van der Waals surface area contributed by atoms with Gasteiger partial charge in [0, 0.05) is 11.1 Å². The molecule has 0 aliphatic rings. The van der Waals surface area contributed by atoms with Gasteiger partial charge in [0.1, 0.15) is 11.0 Å². The summed E-state index contributed by atoms with van der Waals surface area (Å²) in [6, 6.07) is 25.6. The van der Waals surface area contributed by atoms with Crippen LogP contribution >= 0.6 is 0 Å². The summed E-state index contributed by atoms with van der Waals surface area (Å²) in [5.41, 5.74) is 8.19. The summed E-state index contributed by atoms with van der Waals surface area (Å²) in [7, 11) is 0. The molecule has 0 fully saturated rings. The molecule has 2 heterocycles. The number of aromatic nitrogens is 2. The maximum atomic E-state index is 6.35. The van der Waals surface area contributed by atoms with Gasteiger partial charge in [-0.15, -0.1) is 0 Å². The molecule has 0 aliphatic heterocycles. The minimum Gasteiger partial charge on any atom is -0.436 e. The normalized spacial score (nSPS) is 12.6. The lowest BCUT2D eigenvalue weighted by atomic mass is 9.80. The summed E-state index contributed by atoms with van der Waals surface area (Å²) < 4.78 is 12.7. The summed E-state index contributed by atoms with van der Waals surface area (Å²) in [5, 5.41) is 2.13. The lowest BCUT2D eigenvalue weighted by Gasteiger charge is -2.25. The standard InChI is InChI=1S/C40H46N2O2/c1-7-9-13-23-39(3,4)27-17-21-35-33(25-27)41-37(43-35)31-19-20-32(30-16-12-11-15-29(30)31)38-42-34-26-28(18-22-36(34)44-38)40(5,6)24-14-10-8-2/h11-12,15-22,25-26H,7-10,13-14,23-24H2,1-6H3. The molecule has 0 unspecified atom stereocenters. The van der Waals surface area contributed by atoms with Crippen LogP contribution in [0.1, 0.15) is 104 Å². The van der Waals surface area contributed by atoms with E-state index in [1.807, 2.05) is 0 Å². The van der Waals surface area contributed by atoms with Gasteiger partial charge in [-0.05, 0) is 82.0 Å². The van der Waals surface area contributed by atoms with Crippen LogP contribution < -0.4 is 0 Å². The predicted molar refractivity (Wildman–Crippen MR) is 184 cm³/mol. The highest BCUT2D eigenvalue weighted by atomic mass is 16.4. The van der Waals surface area contributed by atoms with Crippen LogP contribution in [-0.2, 0) is 10.8 Å².